The van der Waals surface area contributed by atoms with Gasteiger partial charge in [0.05, 0.1) is 13.2 Å². The molecule has 3 rings (SSSR count). The summed E-state index contributed by atoms with van der Waals surface area (Å²) < 4.78 is 23.6. The van der Waals surface area contributed by atoms with Crippen molar-refractivity contribution >= 4 is 0 Å². The molecule has 22 heavy (non-hydrogen) atoms. The number of benzene rings is 1. The fraction of sp³-hybridized carbons (Fsp3) is 0.529. The van der Waals surface area contributed by atoms with Gasteiger partial charge in [0.15, 0.2) is 12.1 Å². The minimum Gasteiger partial charge on any atom is -0.392 e. The van der Waals surface area contributed by atoms with E-state index in [9.17, 15) is 0 Å². The van der Waals surface area contributed by atoms with E-state index < -0.39 is 12.1 Å². The molecule has 5 nitrogen and oxygen atoms in total. The normalized spacial score (nSPS) is 33.4. The number of rotatable bonds is 5. The molecule has 0 aromatic heterocycles. The Kier molecular flexibility index (Phi) is 4.61. The van der Waals surface area contributed by atoms with E-state index >= 15 is 0 Å². The summed E-state index contributed by atoms with van der Waals surface area (Å²) in [6.07, 6.45) is 2.18. The third-order valence-electron chi connectivity index (χ3n) is 3.74. The van der Waals surface area contributed by atoms with Gasteiger partial charge in [0.2, 0.25) is 0 Å². The van der Waals surface area contributed by atoms with Gasteiger partial charge in [-0.15, -0.1) is 0 Å². The molecule has 1 aromatic rings. The van der Waals surface area contributed by atoms with E-state index in [1.165, 1.54) is 0 Å². The van der Waals surface area contributed by atoms with E-state index in [0.29, 0.717) is 6.61 Å². The fourth-order valence-electron chi connectivity index (χ4n) is 2.81. The summed E-state index contributed by atoms with van der Waals surface area (Å²) in [7, 11) is 0. The summed E-state index contributed by atoms with van der Waals surface area (Å²) in [5, 5.41) is 8.96. The summed E-state index contributed by atoms with van der Waals surface area (Å²) in [5.41, 5.74) is 1.09. The second-order valence-electron chi connectivity index (χ2n) is 5.94. The maximum atomic E-state index is 8.96. The van der Waals surface area contributed by atoms with Crippen LogP contribution in [0.3, 0.4) is 0 Å². The molecule has 1 aromatic carbocycles. The third kappa shape index (κ3) is 3.39. The van der Waals surface area contributed by atoms with Gasteiger partial charge in [-0.1, -0.05) is 42.5 Å². The molecular formula is C17H22O5. The highest BCUT2D eigenvalue weighted by atomic mass is 16.8. The topological polar surface area (TPSA) is 57.2 Å². The van der Waals surface area contributed by atoms with Crippen molar-refractivity contribution in [3.8, 4) is 0 Å². The van der Waals surface area contributed by atoms with Crippen molar-refractivity contribution in [1.82, 2.24) is 0 Å². The predicted octanol–water partition coefficient (Wildman–Crippen LogP) is 2.00. The van der Waals surface area contributed by atoms with Crippen molar-refractivity contribution in [2.24, 2.45) is 0 Å². The Hall–Kier alpha value is -1.24. The van der Waals surface area contributed by atoms with Gasteiger partial charge in [-0.2, -0.15) is 0 Å². The van der Waals surface area contributed by atoms with Gasteiger partial charge >= 0.3 is 0 Å². The van der Waals surface area contributed by atoms with E-state index in [0.717, 1.165) is 5.56 Å². The van der Waals surface area contributed by atoms with Crippen molar-refractivity contribution in [2.75, 3.05) is 6.61 Å². The highest BCUT2D eigenvalue weighted by Crippen LogP contribution is 2.39. The van der Waals surface area contributed by atoms with E-state index in [2.05, 4.69) is 0 Å². The molecule has 5 heteroatoms. The highest BCUT2D eigenvalue weighted by molar-refractivity contribution is 5.14. The Balaban J connectivity index is 1.70. The van der Waals surface area contributed by atoms with Crippen LogP contribution in [0.1, 0.15) is 19.4 Å². The van der Waals surface area contributed by atoms with Crippen molar-refractivity contribution in [2.45, 2.75) is 50.8 Å². The van der Waals surface area contributed by atoms with Crippen LogP contribution in [0.5, 0.6) is 0 Å². The molecule has 0 radical (unpaired) electrons. The molecule has 0 spiro atoms. The van der Waals surface area contributed by atoms with Crippen molar-refractivity contribution < 1.29 is 24.1 Å². The quantitative estimate of drug-likeness (QED) is 0.843. The van der Waals surface area contributed by atoms with Crippen LogP contribution in [-0.4, -0.2) is 42.1 Å². The molecule has 120 valence electrons. The van der Waals surface area contributed by atoms with Crippen molar-refractivity contribution in [1.29, 1.82) is 0 Å². The van der Waals surface area contributed by atoms with Gasteiger partial charge < -0.3 is 24.1 Å². The molecule has 0 aliphatic carbocycles. The average Bonchev–Trinajstić information content (AvgIpc) is 2.95. The second kappa shape index (κ2) is 6.48. The van der Waals surface area contributed by atoms with E-state index in [1.807, 2.05) is 44.2 Å². The zero-order chi connectivity index (χ0) is 15.6. The first-order valence-corrected chi connectivity index (χ1v) is 7.53. The van der Waals surface area contributed by atoms with Crippen LogP contribution in [0.2, 0.25) is 0 Å². The largest absolute Gasteiger partial charge is 0.392 e. The first-order chi connectivity index (χ1) is 10.6. The van der Waals surface area contributed by atoms with Crippen LogP contribution in [-0.2, 0) is 25.6 Å². The van der Waals surface area contributed by atoms with Gasteiger partial charge in [0.1, 0.15) is 18.3 Å². The van der Waals surface area contributed by atoms with Crippen LogP contribution in [0.4, 0.5) is 0 Å². The van der Waals surface area contributed by atoms with Crippen LogP contribution in [0.15, 0.2) is 42.5 Å². The molecule has 2 saturated heterocycles. The fourth-order valence-corrected chi connectivity index (χ4v) is 2.81. The van der Waals surface area contributed by atoms with Gasteiger partial charge in [-0.25, -0.2) is 0 Å². The summed E-state index contributed by atoms with van der Waals surface area (Å²) >= 11 is 0. The Bertz CT molecular complexity index is 513. The Morgan fingerprint density at radius 2 is 2.00 bits per heavy atom. The average molecular weight is 306 g/mol. The second-order valence-corrected chi connectivity index (χ2v) is 5.94. The molecule has 0 amide bonds. The van der Waals surface area contributed by atoms with Crippen LogP contribution in [0, 0.1) is 0 Å². The molecule has 2 aliphatic rings. The molecular weight excluding hydrogens is 284 g/mol. The standard InChI is InChI=1S/C17H22O5/c1-17(2)21-15-14(19-11-12-7-4-3-5-8-12)13(9-6-10-18)20-16(15)22-17/h3-9,13-16,18H,10-11H2,1-2H3/b9-6+/t13-,14+,15-,16-/m1/s1. The number of hydrogen-bond donors (Lipinski definition) is 1. The minimum atomic E-state index is -0.671. The molecule has 2 heterocycles. The summed E-state index contributed by atoms with van der Waals surface area (Å²) in [6, 6.07) is 9.97. The zero-order valence-electron chi connectivity index (χ0n) is 12.8. The molecule has 0 bridgehead atoms. The van der Waals surface area contributed by atoms with Gasteiger partial charge in [-0.3, -0.25) is 0 Å². The van der Waals surface area contributed by atoms with Gasteiger partial charge in [-0.05, 0) is 19.4 Å². The molecule has 2 fully saturated rings. The lowest BCUT2D eigenvalue weighted by Gasteiger charge is -2.24. The van der Waals surface area contributed by atoms with E-state index in [1.54, 1.807) is 12.2 Å². The predicted molar refractivity (Wildman–Crippen MR) is 79.9 cm³/mol. The lowest BCUT2D eigenvalue weighted by molar-refractivity contribution is -0.213. The molecule has 0 saturated carbocycles. The van der Waals surface area contributed by atoms with E-state index in [-0.39, 0.29) is 24.9 Å². The monoisotopic (exact) mass is 306 g/mol. The van der Waals surface area contributed by atoms with Gasteiger partial charge in [0, 0.05) is 0 Å². The van der Waals surface area contributed by atoms with Crippen molar-refractivity contribution in [3.05, 3.63) is 48.0 Å². The maximum absolute atomic E-state index is 8.96. The SMILES string of the molecule is CC1(C)O[C@H]2O[C@H](/C=C/CO)[C@H](OCc3ccccc3)[C@H]2O1. The molecule has 1 N–H and O–H groups in total. The Morgan fingerprint density at radius 1 is 1.23 bits per heavy atom. The zero-order valence-corrected chi connectivity index (χ0v) is 12.8. The Labute approximate surface area is 130 Å². The smallest absolute Gasteiger partial charge is 0.190 e. The highest BCUT2D eigenvalue weighted by Gasteiger charge is 2.54. The van der Waals surface area contributed by atoms with E-state index in [4.69, 9.17) is 24.1 Å². The number of ether oxygens (including phenoxy) is 4. The summed E-state index contributed by atoms with van der Waals surface area (Å²) in [6.45, 7) is 4.17. The number of hydrogen-bond acceptors (Lipinski definition) is 5. The van der Waals surface area contributed by atoms with Crippen molar-refractivity contribution in [3.63, 3.8) is 0 Å². The lowest BCUT2D eigenvalue weighted by Crippen LogP contribution is -2.36. The number of fused-ring (bicyclic) bond motifs is 1. The third-order valence-corrected chi connectivity index (χ3v) is 3.74. The Morgan fingerprint density at radius 3 is 2.73 bits per heavy atom. The molecule has 0 unspecified atom stereocenters. The number of aliphatic hydroxyl groups excluding tert-OH is 1. The number of aliphatic hydroxyl groups is 1. The first-order valence-electron chi connectivity index (χ1n) is 7.53. The first kappa shape index (κ1) is 15.6. The van der Waals surface area contributed by atoms with Crippen LogP contribution < -0.4 is 0 Å². The van der Waals surface area contributed by atoms with Crippen LogP contribution >= 0.6 is 0 Å². The lowest BCUT2D eigenvalue weighted by atomic mass is 10.1. The summed E-state index contributed by atoms with van der Waals surface area (Å²) in [4.78, 5) is 0. The maximum Gasteiger partial charge on any atom is 0.190 e. The molecule has 4 atom stereocenters. The minimum absolute atomic E-state index is 0.0339. The van der Waals surface area contributed by atoms with Gasteiger partial charge in [0.25, 0.3) is 0 Å². The van der Waals surface area contributed by atoms with Crippen LogP contribution in [0.25, 0.3) is 0 Å². The molecule has 2 aliphatic heterocycles. The summed E-state index contributed by atoms with van der Waals surface area (Å²) in [5.74, 6) is -0.671.